The number of aliphatic hydroxyl groups excluding tert-OH is 1. The first-order valence-corrected chi connectivity index (χ1v) is 12.4. The number of aryl methyl sites for hydroxylation is 1. The van der Waals surface area contributed by atoms with Crippen LogP contribution in [0.2, 0.25) is 0 Å². The van der Waals surface area contributed by atoms with Gasteiger partial charge in [0.25, 0.3) is 0 Å². The highest BCUT2D eigenvalue weighted by molar-refractivity contribution is 5.96. The van der Waals surface area contributed by atoms with Gasteiger partial charge < -0.3 is 24.0 Å². The molecule has 0 bridgehead atoms. The van der Waals surface area contributed by atoms with Gasteiger partial charge in [-0.05, 0) is 67.9 Å². The molecule has 1 aromatic heterocycles. The van der Waals surface area contributed by atoms with Gasteiger partial charge in [0.15, 0.2) is 0 Å². The fourth-order valence-electron chi connectivity index (χ4n) is 4.78. The molecule has 0 radical (unpaired) electrons. The standard InChI is InChI=1S/C29H31N3O4/c1-3-35-24-13-11-22(12-14-24)31-17-21(16-28(31)34)29-30-26-9-4-5-10-27(26)32(29)18-23(33)19-36-25-8-6-7-20(2)15-25/h4-15,21,23,33H,3,16-19H2,1-2H3. The lowest BCUT2D eigenvalue weighted by molar-refractivity contribution is -0.117. The molecule has 0 aliphatic carbocycles. The molecule has 36 heavy (non-hydrogen) atoms. The number of aromatic nitrogens is 2. The van der Waals surface area contributed by atoms with E-state index in [2.05, 4.69) is 0 Å². The van der Waals surface area contributed by atoms with Gasteiger partial charge in [-0.15, -0.1) is 0 Å². The lowest BCUT2D eigenvalue weighted by Gasteiger charge is -2.19. The van der Waals surface area contributed by atoms with E-state index in [1.807, 2.05) is 91.2 Å². The Morgan fingerprint density at radius 3 is 2.61 bits per heavy atom. The van der Waals surface area contributed by atoms with Crippen LogP contribution < -0.4 is 14.4 Å². The minimum absolute atomic E-state index is 0.0612. The van der Waals surface area contributed by atoms with Crippen molar-refractivity contribution in [3.05, 3.63) is 84.2 Å². The first-order chi connectivity index (χ1) is 17.5. The van der Waals surface area contributed by atoms with Crippen LogP contribution in [-0.4, -0.2) is 46.4 Å². The van der Waals surface area contributed by atoms with E-state index in [-0.39, 0.29) is 18.4 Å². The Hall–Kier alpha value is -3.84. The molecule has 2 heterocycles. The summed E-state index contributed by atoms with van der Waals surface area (Å²) in [6.07, 6.45) is -0.368. The van der Waals surface area contributed by atoms with Gasteiger partial charge in [0.1, 0.15) is 30.0 Å². The third kappa shape index (κ3) is 5.06. The van der Waals surface area contributed by atoms with E-state index >= 15 is 0 Å². The van der Waals surface area contributed by atoms with Crippen LogP contribution in [0.1, 0.15) is 30.7 Å². The summed E-state index contributed by atoms with van der Waals surface area (Å²) in [5.74, 6) is 2.31. The molecule has 0 spiro atoms. The van der Waals surface area contributed by atoms with Crippen LogP contribution >= 0.6 is 0 Å². The Bertz CT molecular complexity index is 1350. The lowest BCUT2D eigenvalue weighted by atomic mass is 10.1. The average Bonchev–Trinajstić information content (AvgIpc) is 3.44. The van der Waals surface area contributed by atoms with Crippen molar-refractivity contribution < 1.29 is 19.4 Å². The molecular weight excluding hydrogens is 454 g/mol. The summed E-state index contributed by atoms with van der Waals surface area (Å²) in [6, 6.07) is 23.3. The number of imidazole rings is 1. The lowest BCUT2D eigenvalue weighted by Crippen LogP contribution is -2.26. The molecule has 0 saturated carbocycles. The maximum absolute atomic E-state index is 13.0. The number of hydrogen-bond donors (Lipinski definition) is 1. The summed E-state index contributed by atoms with van der Waals surface area (Å²) < 4.78 is 13.4. The number of aliphatic hydroxyl groups is 1. The molecule has 5 rings (SSSR count). The third-order valence-corrected chi connectivity index (χ3v) is 6.46. The highest BCUT2D eigenvalue weighted by Gasteiger charge is 2.35. The number of carbonyl (C=O) groups is 1. The van der Waals surface area contributed by atoms with Gasteiger partial charge in [-0.25, -0.2) is 4.98 Å². The van der Waals surface area contributed by atoms with Crippen molar-refractivity contribution in [1.29, 1.82) is 0 Å². The highest BCUT2D eigenvalue weighted by Crippen LogP contribution is 2.34. The zero-order valence-electron chi connectivity index (χ0n) is 20.6. The van der Waals surface area contributed by atoms with Gasteiger partial charge in [-0.1, -0.05) is 24.3 Å². The number of ether oxygens (including phenoxy) is 2. The van der Waals surface area contributed by atoms with Gasteiger partial charge in [-0.2, -0.15) is 0 Å². The van der Waals surface area contributed by atoms with Gasteiger partial charge in [0.2, 0.25) is 5.91 Å². The smallest absolute Gasteiger partial charge is 0.227 e. The first kappa shape index (κ1) is 23.9. The van der Waals surface area contributed by atoms with Crippen LogP contribution in [0.25, 0.3) is 11.0 Å². The molecule has 1 aliphatic rings. The van der Waals surface area contributed by atoms with Gasteiger partial charge in [0, 0.05) is 24.6 Å². The van der Waals surface area contributed by atoms with Crippen LogP contribution in [0.4, 0.5) is 5.69 Å². The Morgan fingerprint density at radius 1 is 1.03 bits per heavy atom. The molecule has 2 unspecified atom stereocenters. The summed E-state index contributed by atoms with van der Waals surface area (Å²) in [5, 5.41) is 10.9. The maximum Gasteiger partial charge on any atom is 0.227 e. The van der Waals surface area contributed by atoms with Crippen LogP contribution in [0.3, 0.4) is 0 Å². The molecule has 1 amide bonds. The summed E-state index contributed by atoms with van der Waals surface area (Å²) >= 11 is 0. The highest BCUT2D eigenvalue weighted by atomic mass is 16.5. The van der Waals surface area contributed by atoms with Crippen molar-refractivity contribution in [3.8, 4) is 11.5 Å². The van der Waals surface area contributed by atoms with E-state index in [0.29, 0.717) is 26.1 Å². The number of rotatable bonds is 9. The van der Waals surface area contributed by atoms with Crippen LogP contribution in [0, 0.1) is 6.92 Å². The Morgan fingerprint density at radius 2 is 1.83 bits per heavy atom. The number of hydrogen-bond acceptors (Lipinski definition) is 5. The second-order valence-electron chi connectivity index (χ2n) is 9.18. The fraction of sp³-hybridized carbons (Fsp3) is 0.310. The number of carbonyl (C=O) groups excluding carboxylic acids is 1. The molecule has 1 saturated heterocycles. The van der Waals surface area contributed by atoms with Gasteiger partial charge in [0.05, 0.1) is 24.2 Å². The average molecular weight is 486 g/mol. The molecule has 1 aliphatic heterocycles. The molecular formula is C29H31N3O4. The molecule has 1 fully saturated rings. The van der Waals surface area contributed by atoms with Crippen LogP contribution in [0.15, 0.2) is 72.8 Å². The number of nitrogens with zero attached hydrogens (tertiary/aromatic N) is 3. The molecule has 186 valence electrons. The quantitative estimate of drug-likeness (QED) is 0.372. The first-order valence-electron chi connectivity index (χ1n) is 12.4. The van der Waals surface area contributed by atoms with Crippen molar-refractivity contribution in [2.75, 3.05) is 24.7 Å². The second-order valence-corrected chi connectivity index (χ2v) is 9.18. The molecule has 4 aromatic rings. The SMILES string of the molecule is CCOc1ccc(N2CC(c3nc4ccccc4n3CC(O)COc3cccc(C)c3)CC2=O)cc1. The molecule has 2 atom stereocenters. The number of para-hydroxylation sites is 2. The summed E-state index contributed by atoms with van der Waals surface area (Å²) in [6.45, 7) is 5.58. The Labute approximate surface area is 210 Å². The van der Waals surface area contributed by atoms with E-state index in [9.17, 15) is 9.90 Å². The maximum atomic E-state index is 13.0. The van der Waals surface area contributed by atoms with E-state index in [1.54, 1.807) is 4.90 Å². The van der Waals surface area contributed by atoms with Crippen molar-refractivity contribution in [3.63, 3.8) is 0 Å². The second kappa shape index (κ2) is 10.4. The Balaban J connectivity index is 1.35. The molecule has 1 N–H and O–H groups in total. The van der Waals surface area contributed by atoms with E-state index in [1.165, 1.54) is 0 Å². The zero-order chi connectivity index (χ0) is 25.1. The molecule has 3 aromatic carbocycles. The van der Waals surface area contributed by atoms with Gasteiger partial charge >= 0.3 is 0 Å². The topological polar surface area (TPSA) is 76.8 Å². The summed E-state index contributed by atoms with van der Waals surface area (Å²) in [7, 11) is 0. The minimum atomic E-state index is -0.735. The van der Waals surface area contributed by atoms with Crippen molar-refractivity contribution >= 4 is 22.6 Å². The Kier molecular flexibility index (Phi) is 6.91. The fourth-order valence-corrected chi connectivity index (χ4v) is 4.78. The van der Waals surface area contributed by atoms with E-state index in [0.717, 1.165) is 39.6 Å². The number of anilines is 1. The predicted octanol–water partition coefficient (Wildman–Crippen LogP) is 4.70. The predicted molar refractivity (Wildman–Crippen MR) is 140 cm³/mol. The van der Waals surface area contributed by atoms with Crippen molar-refractivity contribution in [1.82, 2.24) is 9.55 Å². The number of benzene rings is 3. The zero-order valence-corrected chi connectivity index (χ0v) is 20.6. The number of amides is 1. The summed E-state index contributed by atoms with van der Waals surface area (Å²) in [4.78, 5) is 19.7. The largest absolute Gasteiger partial charge is 0.494 e. The molecule has 7 heteroatoms. The summed E-state index contributed by atoms with van der Waals surface area (Å²) in [5.41, 5.74) is 3.74. The van der Waals surface area contributed by atoms with Crippen molar-refractivity contribution in [2.24, 2.45) is 0 Å². The van der Waals surface area contributed by atoms with Crippen LogP contribution in [-0.2, 0) is 11.3 Å². The normalized spacial score (nSPS) is 16.5. The van der Waals surface area contributed by atoms with E-state index < -0.39 is 6.10 Å². The molecule has 7 nitrogen and oxygen atoms in total. The minimum Gasteiger partial charge on any atom is -0.494 e. The third-order valence-electron chi connectivity index (χ3n) is 6.46. The van der Waals surface area contributed by atoms with E-state index in [4.69, 9.17) is 14.5 Å². The monoisotopic (exact) mass is 485 g/mol. The van der Waals surface area contributed by atoms with Crippen molar-refractivity contribution in [2.45, 2.75) is 38.8 Å². The number of fused-ring (bicyclic) bond motifs is 1. The van der Waals surface area contributed by atoms with Crippen LogP contribution in [0.5, 0.6) is 11.5 Å². The van der Waals surface area contributed by atoms with Gasteiger partial charge in [-0.3, -0.25) is 4.79 Å².